The first kappa shape index (κ1) is 8.27. The third kappa shape index (κ3) is 2.35. The minimum Gasteiger partial charge on any atom is -0.378 e. The first-order chi connectivity index (χ1) is 5.14. The van der Waals surface area contributed by atoms with E-state index in [1.54, 1.807) is 7.11 Å². The zero-order valence-corrected chi connectivity index (χ0v) is 7.22. The molecule has 0 saturated carbocycles. The van der Waals surface area contributed by atoms with Crippen LogP contribution in [-0.4, -0.2) is 22.9 Å². The molecule has 1 aromatic rings. The monoisotopic (exact) mass is 154 g/mol. The highest BCUT2D eigenvalue weighted by Gasteiger charge is 2.16. The number of aromatic nitrogens is 2. The van der Waals surface area contributed by atoms with Crippen LogP contribution >= 0.6 is 0 Å². The molecule has 62 valence electrons. The standard InChI is InChI=1S/C8H14N2O/c1-8(2,11-3)4-7-5-9-10-6-7/h5-6H,4H2,1-3H3,(H,9,10). The Bertz CT molecular complexity index is 204. The average Bonchev–Trinajstić information content (AvgIpc) is 2.39. The predicted octanol–water partition coefficient (Wildman–Crippen LogP) is 1.38. The molecule has 0 aromatic carbocycles. The molecule has 0 amide bonds. The highest BCUT2D eigenvalue weighted by atomic mass is 16.5. The van der Waals surface area contributed by atoms with E-state index in [4.69, 9.17) is 4.74 Å². The molecule has 0 saturated heterocycles. The van der Waals surface area contributed by atoms with E-state index >= 15 is 0 Å². The molecule has 1 N–H and O–H groups in total. The number of ether oxygens (including phenoxy) is 1. The van der Waals surface area contributed by atoms with Gasteiger partial charge in [0, 0.05) is 19.7 Å². The molecule has 1 aromatic heterocycles. The van der Waals surface area contributed by atoms with Gasteiger partial charge in [0.05, 0.1) is 11.8 Å². The van der Waals surface area contributed by atoms with Crippen molar-refractivity contribution in [3.05, 3.63) is 18.0 Å². The van der Waals surface area contributed by atoms with Gasteiger partial charge in [-0.1, -0.05) is 0 Å². The third-order valence-corrected chi connectivity index (χ3v) is 1.74. The summed E-state index contributed by atoms with van der Waals surface area (Å²) in [5.74, 6) is 0. The van der Waals surface area contributed by atoms with Crippen LogP contribution < -0.4 is 0 Å². The number of methoxy groups -OCH3 is 1. The lowest BCUT2D eigenvalue weighted by molar-refractivity contribution is 0.0232. The molecule has 0 bridgehead atoms. The lowest BCUT2D eigenvalue weighted by atomic mass is 10.0. The fourth-order valence-corrected chi connectivity index (χ4v) is 0.938. The van der Waals surface area contributed by atoms with Crippen molar-refractivity contribution >= 4 is 0 Å². The van der Waals surface area contributed by atoms with E-state index in [0.29, 0.717) is 0 Å². The largest absolute Gasteiger partial charge is 0.378 e. The Morgan fingerprint density at radius 3 is 2.82 bits per heavy atom. The fraction of sp³-hybridized carbons (Fsp3) is 0.625. The van der Waals surface area contributed by atoms with Crippen LogP contribution in [0, 0.1) is 0 Å². The molecule has 11 heavy (non-hydrogen) atoms. The number of aromatic amines is 1. The zero-order valence-electron chi connectivity index (χ0n) is 7.22. The summed E-state index contributed by atoms with van der Waals surface area (Å²) in [7, 11) is 1.72. The molecular weight excluding hydrogens is 140 g/mol. The van der Waals surface area contributed by atoms with Gasteiger partial charge in [0.2, 0.25) is 0 Å². The van der Waals surface area contributed by atoms with Gasteiger partial charge in [-0.3, -0.25) is 5.10 Å². The van der Waals surface area contributed by atoms with Crippen LogP contribution in [0.25, 0.3) is 0 Å². The molecular formula is C8H14N2O. The van der Waals surface area contributed by atoms with Gasteiger partial charge < -0.3 is 4.74 Å². The molecule has 1 rings (SSSR count). The number of hydrogen-bond donors (Lipinski definition) is 1. The summed E-state index contributed by atoms with van der Waals surface area (Å²) < 4.78 is 5.27. The maximum absolute atomic E-state index is 5.27. The maximum Gasteiger partial charge on any atom is 0.0664 e. The normalized spacial score (nSPS) is 11.9. The van der Waals surface area contributed by atoms with E-state index in [1.807, 2.05) is 12.4 Å². The van der Waals surface area contributed by atoms with E-state index in [9.17, 15) is 0 Å². The molecule has 0 fully saturated rings. The lowest BCUT2D eigenvalue weighted by Gasteiger charge is -2.21. The van der Waals surface area contributed by atoms with Gasteiger partial charge in [-0.05, 0) is 19.4 Å². The minimum atomic E-state index is -0.0934. The van der Waals surface area contributed by atoms with Crippen molar-refractivity contribution in [2.75, 3.05) is 7.11 Å². The first-order valence-corrected chi connectivity index (χ1v) is 3.67. The number of H-pyrrole nitrogens is 1. The number of nitrogens with zero attached hydrogens (tertiary/aromatic N) is 1. The Morgan fingerprint density at radius 2 is 2.36 bits per heavy atom. The van der Waals surface area contributed by atoms with Crippen LogP contribution in [0.4, 0.5) is 0 Å². The summed E-state index contributed by atoms with van der Waals surface area (Å²) in [6.07, 6.45) is 4.60. The SMILES string of the molecule is COC(C)(C)Cc1cn[nH]c1. The first-order valence-electron chi connectivity index (χ1n) is 3.67. The van der Waals surface area contributed by atoms with Crippen LogP contribution in [0.2, 0.25) is 0 Å². The summed E-state index contributed by atoms with van der Waals surface area (Å²) in [4.78, 5) is 0. The van der Waals surface area contributed by atoms with E-state index in [0.717, 1.165) is 6.42 Å². The smallest absolute Gasteiger partial charge is 0.0664 e. The van der Waals surface area contributed by atoms with Gasteiger partial charge in [0.1, 0.15) is 0 Å². The Kier molecular flexibility index (Phi) is 2.29. The van der Waals surface area contributed by atoms with Gasteiger partial charge in [0.15, 0.2) is 0 Å². The zero-order chi connectivity index (χ0) is 8.32. The summed E-state index contributed by atoms with van der Waals surface area (Å²) in [6.45, 7) is 4.11. The molecule has 0 radical (unpaired) electrons. The van der Waals surface area contributed by atoms with Crippen LogP contribution in [0.1, 0.15) is 19.4 Å². The number of nitrogens with one attached hydrogen (secondary N) is 1. The molecule has 3 heteroatoms. The van der Waals surface area contributed by atoms with Gasteiger partial charge in [-0.15, -0.1) is 0 Å². The summed E-state index contributed by atoms with van der Waals surface area (Å²) in [5.41, 5.74) is 1.08. The quantitative estimate of drug-likeness (QED) is 0.714. The Labute approximate surface area is 66.8 Å². The lowest BCUT2D eigenvalue weighted by Crippen LogP contribution is -2.25. The van der Waals surface area contributed by atoms with Crippen LogP contribution in [0.5, 0.6) is 0 Å². The molecule has 0 aliphatic rings. The number of rotatable bonds is 3. The fourth-order valence-electron chi connectivity index (χ4n) is 0.938. The number of hydrogen-bond acceptors (Lipinski definition) is 2. The van der Waals surface area contributed by atoms with E-state index in [-0.39, 0.29) is 5.60 Å². The topological polar surface area (TPSA) is 37.9 Å². The highest BCUT2D eigenvalue weighted by molar-refractivity contribution is 5.05. The summed E-state index contributed by atoms with van der Waals surface area (Å²) >= 11 is 0. The van der Waals surface area contributed by atoms with Crippen molar-refractivity contribution < 1.29 is 4.74 Å². The Morgan fingerprint density at radius 1 is 1.64 bits per heavy atom. The van der Waals surface area contributed by atoms with Gasteiger partial charge in [-0.25, -0.2) is 0 Å². The van der Waals surface area contributed by atoms with Crippen molar-refractivity contribution in [3.8, 4) is 0 Å². The van der Waals surface area contributed by atoms with Gasteiger partial charge >= 0.3 is 0 Å². The van der Waals surface area contributed by atoms with Crippen LogP contribution in [0.3, 0.4) is 0 Å². The van der Waals surface area contributed by atoms with Crippen molar-refractivity contribution in [3.63, 3.8) is 0 Å². The summed E-state index contributed by atoms with van der Waals surface area (Å²) in [6, 6.07) is 0. The molecule has 3 nitrogen and oxygen atoms in total. The predicted molar refractivity (Wildman–Crippen MR) is 43.4 cm³/mol. The van der Waals surface area contributed by atoms with Gasteiger partial charge in [0.25, 0.3) is 0 Å². The van der Waals surface area contributed by atoms with Crippen LogP contribution in [0.15, 0.2) is 12.4 Å². The third-order valence-electron chi connectivity index (χ3n) is 1.74. The van der Waals surface area contributed by atoms with Gasteiger partial charge in [-0.2, -0.15) is 5.10 Å². The van der Waals surface area contributed by atoms with Crippen LogP contribution in [-0.2, 0) is 11.2 Å². The second kappa shape index (κ2) is 3.05. The second-order valence-electron chi connectivity index (χ2n) is 3.25. The molecule has 0 aliphatic carbocycles. The van der Waals surface area contributed by atoms with E-state index < -0.39 is 0 Å². The Balaban J connectivity index is 2.56. The van der Waals surface area contributed by atoms with Crippen molar-refractivity contribution in [2.24, 2.45) is 0 Å². The summed E-state index contributed by atoms with van der Waals surface area (Å²) in [5, 5.41) is 6.63. The van der Waals surface area contributed by atoms with Crippen molar-refractivity contribution in [2.45, 2.75) is 25.9 Å². The second-order valence-corrected chi connectivity index (χ2v) is 3.25. The molecule has 0 spiro atoms. The molecule has 0 atom stereocenters. The van der Waals surface area contributed by atoms with E-state index in [2.05, 4.69) is 24.0 Å². The minimum absolute atomic E-state index is 0.0934. The molecule has 0 unspecified atom stereocenters. The Hall–Kier alpha value is -0.830. The average molecular weight is 154 g/mol. The maximum atomic E-state index is 5.27. The van der Waals surface area contributed by atoms with Crippen molar-refractivity contribution in [1.29, 1.82) is 0 Å². The van der Waals surface area contributed by atoms with Crippen molar-refractivity contribution in [1.82, 2.24) is 10.2 Å². The molecule has 1 heterocycles. The van der Waals surface area contributed by atoms with E-state index in [1.165, 1.54) is 5.56 Å². The molecule has 0 aliphatic heterocycles. The highest BCUT2D eigenvalue weighted by Crippen LogP contribution is 2.14.